The number of rotatable bonds is 6. The number of nitrogens with one attached hydrogen (secondary N) is 3. The van der Waals surface area contributed by atoms with Gasteiger partial charge < -0.3 is 24.6 Å². The minimum atomic E-state index is -0.108. The van der Waals surface area contributed by atoms with Crippen molar-refractivity contribution in [2.24, 2.45) is 0 Å². The summed E-state index contributed by atoms with van der Waals surface area (Å²) in [5, 5.41) is 3.23. The molecular formula is C23H29N3O3+2. The topological polar surface area (TPSA) is 56.4 Å². The van der Waals surface area contributed by atoms with Crippen LogP contribution < -0.4 is 24.6 Å². The van der Waals surface area contributed by atoms with Gasteiger partial charge in [-0.05, 0) is 31.0 Å². The molecule has 2 fully saturated rings. The number of hydrogen-bond donors (Lipinski definition) is 3. The average Bonchev–Trinajstić information content (AvgIpc) is 3.43. The zero-order valence-corrected chi connectivity index (χ0v) is 16.7. The summed E-state index contributed by atoms with van der Waals surface area (Å²) in [5.74, 6) is 1.88. The fraction of sp³-hybridized carbons (Fsp3) is 0.435. The Labute approximate surface area is 171 Å². The van der Waals surface area contributed by atoms with Gasteiger partial charge in [-0.2, -0.15) is 0 Å². The molecule has 29 heavy (non-hydrogen) atoms. The minimum absolute atomic E-state index is 0.108. The quantitative estimate of drug-likeness (QED) is 0.631. The number of quaternary nitrogens is 2. The summed E-state index contributed by atoms with van der Waals surface area (Å²) < 4.78 is 10.9. The molecule has 2 heterocycles. The van der Waals surface area contributed by atoms with Crippen molar-refractivity contribution in [2.75, 3.05) is 33.0 Å². The van der Waals surface area contributed by atoms with Crippen LogP contribution in [0, 0.1) is 0 Å². The van der Waals surface area contributed by atoms with Crippen molar-refractivity contribution < 1.29 is 24.1 Å². The Morgan fingerprint density at radius 1 is 1.00 bits per heavy atom. The number of fused-ring (bicyclic) bond motifs is 1. The highest BCUT2D eigenvalue weighted by atomic mass is 16.7. The van der Waals surface area contributed by atoms with Crippen molar-refractivity contribution in [1.82, 2.24) is 5.32 Å². The van der Waals surface area contributed by atoms with Gasteiger partial charge >= 0.3 is 0 Å². The first-order valence-electron chi connectivity index (χ1n) is 10.7. The average molecular weight is 396 g/mol. The fourth-order valence-electron chi connectivity index (χ4n) is 4.46. The Balaban J connectivity index is 1.23. The van der Waals surface area contributed by atoms with Crippen molar-refractivity contribution in [3.05, 3.63) is 59.7 Å². The molecule has 1 saturated carbocycles. The maximum atomic E-state index is 13.0. The second-order valence-electron chi connectivity index (χ2n) is 8.40. The van der Waals surface area contributed by atoms with E-state index in [0.29, 0.717) is 12.8 Å². The fourth-order valence-corrected chi connectivity index (χ4v) is 4.46. The van der Waals surface area contributed by atoms with Crippen molar-refractivity contribution in [1.29, 1.82) is 0 Å². The van der Waals surface area contributed by atoms with Crippen LogP contribution in [0.5, 0.6) is 11.5 Å². The Morgan fingerprint density at radius 3 is 2.52 bits per heavy atom. The molecule has 1 atom stereocenters. The molecule has 5 rings (SSSR count). The number of amides is 1. The Hall–Kier alpha value is -2.57. The first-order valence-corrected chi connectivity index (χ1v) is 10.7. The molecule has 3 N–H and O–H groups in total. The van der Waals surface area contributed by atoms with Crippen molar-refractivity contribution >= 4 is 5.91 Å². The monoisotopic (exact) mass is 395 g/mol. The molecule has 1 saturated heterocycles. The lowest BCUT2D eigenvalue weighted by Gasteiger charge is -2.34. The van der Waals surface area contributed by atoms with Crippen LogP contribution >= 0.6 is 0 Å². The van der Waals surface area contributed by atoms with Crippen molar-refractivity contribution in [3.63, 3.8) is 0 Å². The first-order chi connectivity index (χ1) is 14.3. The lowest BCUT2D eigenvalue weighted by Crippen LogP contribution is -3.28. The van der Waals surface area contributed by atoms with E-state index >= 15 is 0 Å². The highest BCUT2D eigenvalue weighted by Crippen LogP contribution is 2.32. The zero-order valence-electron chi connectivity index (χ0n) is 16.7. The predicted molar refractivity (Wildman–Crippen MR) is 108 cm³/mol. The van der Waals surface area contributed by atoms with Crippen LogP contribution in [0.25, 0.3) is 0 Å². The van der Waals surface area contributed by atoms with Crippen molar-refractivity contribution in [2.45, 2.75) is 31.5 Å². The van der Waals surface area contributed by atoms with E-state index in [2.05, 4.69) is 29.6 Å². The smallest absolute Gasteiger partial charge is 0.283 e. The molecular weight excluding hydrogens is 366 g/mol. The molecule has 1 amide bonds. The number of hydrogen-bond acceptors (Lipinski definition) is 3. The molecule has 2 aliphatic heterocycles. The Morgan fingerprint density at radius 2 is 1.76 bits per heavy atom. The molecule has 2 aromatic carbocycles. The third-order valence-electron chi connectivity index (χ3n) is 6.22. The number of ether oxygens (including phenoxy) is 2. The number of benzene rings is 2. The maximum Gasteiger partial charge on any atom is 0.283 e. The highest BCUT2D eigenvalue weighted by Gasteiger charge is 2.37. The van der Waals surface area contributed by atoms with Crippen LogP contribution in [0.1, 0.15) is 30.0 Å². The van der Waals surface area contributed by atoms with Crippen LogP contribution in [0.3, 0.4) is 0 Å². The minimum Gasteiger partial charge on any atom is -0.454 e. The van der Waals surface area contributed by atoms with E-state index in [-0.39, 0.29) is 11.9 Å². The summed E-state index contributed by atoms with van der Waals surface area (Å²) >= 11 is 0. The molecule has 1 aliphatic carbocycles. The van der Waals surface area contributed by atoms with Crippen molar-refractivity contribution in [3.8, 4) is 11.5 Å². The standard InChI is InChI=1S/C23H27N3O3/c27-23(24-19-7-8-19)22(18-4-2-1-3-5-18)26-12-10-25(11-13-26)15-17-6-9-20-21(14-17)29-16-28-20/h1-6,9,14,19,22H,7-8,10-13,15-16H2,(H,24,27)/p+2/t22-/m1/s1. The van der Waals surface area contributed by atoms with Gasteiger partial charge in [0.2, 0.25) is 6.79 Å². The van der Waals surface area contributed by atoms with E-state index in [0.717, 1.165) is 62.6 Å². The molecule has 152 valence electrons. The Kier molecular flexibility index (Phi) is 5.12. The molecule has 0 bridgehead atoms. The SMILES string of the molecule is O=C(NC1CC1)[C@@H](c1ccccc1)[NH+]1CC[NH+](Cc2ccc3c(c2)OCO3)CC1. The van der Waals surface area contributed by atoms with Gasteiger partial charge in [-0.3, -0.25) is 4.79 Å². The van der Waals surface area contributed by atoms with E-state index in [1.807, 2.05) is 24.3 Å². The van der Waals surface area contributed by atoms with Crippen LogP contribution in [-0.2, 0) is 11.3 Å². The summed E-state index contributed by atoms with van der Waals surface area (Å²) in [4.78, 5) is 15.9. The summed E-state index contributed by atoms with van der Waals surface area (Å²) in [7, 11) is 0. The zero-order chi connectivity index (χ0) is 19.6. The van der Waals surface area contributed by atoms with E-state index in [1.165, 1.54) is 10.5 Å². The number of carbonyl (C=O) groups excluding carboxylic acids is 1. The van der Waals surface area contributed by atoms with Crippen LogP contribution in [0.2, 0.25) is 0 Å². The van der Waals surface area contributed by atoms with E-state index in [1.54, 1.807) is 4.90 Å². The summed E-state index contributed by atoms with van der Waals surface area (Å²) in [5.41, 5.74) is 2.40. The molecule has 2 aromatic rings. The van der Waals surface area contributed by atoms with Crippen LogP contribution in [0.15, 0.2) is 48.5 Å². The summed E-state index contributed by atoms with van der Waals surface area (Å²) in [6.07, 6.45) is 2.24. The van der Waals surface area contributed by atoms with Gasteiger partial charge in [-0.15, -0.1) is 0 Å². The van der Waals surface area contributed by atoms with Gasteiger partial charge in [0.1, 0.15) is 32.7 Å². The predicted octanol–water partition coefficient (Wildman–Crippen LogP) is -0.281. The van der Waals surface area contributed by atoms with Gasteiger partial charge in [-0.1, -0.05) is 30.3 Å². The highest BCUT2D eigenvalue weighted by molar-refractivity contribution is 5.82. The molecule has 6 nitrogen and oxygen atoms in total. The number of carbonyl (C=O) groups is 1. The largest absolute Gasteiger partial charge is 0.454 e. The maximum absolute atomic E-state index is 13.0. The third-order valence-corrected chi connectivity index (χ3v) is 6.22. The second kappa shape index (κ2) is 8.05. The summed E-state index contributed by atoms with van der Waals surface area (Å²) in [6.45, 7) is 5.41. The summed E-state index contributed by atoms with van der Waals surface area (Å²) in [6, 6.07) is 16.8. The molecule has 0 radical (unpaired) electrons. The second-order valence-corrected chi connectivity index (χ2v) is 8.40. The Bertz CT molecular complexity index is 861. The molecule has 0 unspecified atom stereocenters. The molecule has 0 spiro atoms. The van der Waals surface area contributed by atoms with E-state index in [4.69, 9.17) is 9.47 Å². The molecule has 3 aliphatic rings. The normalized spacial score (nSPS) is 24.1. The van der Waals surface area contributed by atoms with Gasteiger partial charge in [0.15, 0.2) is 17.5 Å². The first kappa shape index (κ1) is 18.5. The third kappa shape index (κ3) is 4.23. The molecule has 6 heteroatoms. The van der Waals surface area contributed by atoms with Crippen LogP contribution in [0.4, 0.5) is 0 Å². The number of piperazine rings is 1. The van der Waals surface area contributed by atoms with E-state index in [9.17, 15) is 4.79 Å². The van der Waals surface area contributed by atoms with E-state index < -0.39 is 0 Å². The van der Waals surface area contributed by atoms with Gasteiger partial charge in [0.25, 0.3) is 5.91 Å². The van der Waals surface area contributed by atoms with Crippen LogP contribution in [-0.4, -0.2) is 44.9 Å². The lowest BCUT2D eigenvalue weighted by atomic mass is 10.0. The van der Waals surface area contributed by atoms with Gasteiger partial charge in [-0.25, -0.2) is 0 Å². The lowest BCUT2D eigenvalue weighted by molar-refractivity contribution is -1.03. The molecule has 0 aromatic heterocycles. The van der Waals surface area contributed by atoms with Gasteiger partial charge in [0, 0.05) is 17.2 Å². The van der Waals surface area contributed by atoms with Gasteiger partial charge in [0.05, 0.1) is 0 Å².